The number of nitrogens with one attached hydrogen (secondary N) is 1. The summed E-state index contributed by atoms with van der Waals surface area (Å²) in [6.07, 6.45) is 3.49. The first kappa shape index (κ1) is 16.5. The Morgan fingerprint density at radius 2 is 1.96 bits per heavy atom. The van der Waals surface area contributed by atoms with Gasteiger partial charge in [-0.25, -0.2) is 4.98 Å². The minimum atomic E-state index is -0.0439. The van der Waals surface area contributed by atoms with Crippen LogP contribution in [0.3, 0.4) is 0 Å². The van der Waals surface area contributed by atoms with Gasteiger partial charge in [-0.2, -0.15) is 5.26 Å². The molecule has 5 nitrogen and oxygen atoms in total. The Bertz CT molecular complexity index is 746. The summed E-state index contributed by atoms with van der Waals surface area (Å²) >= 11 is 0. The highest BCUT2D eigenvalue weighted by Gasteiger charge is 2.29. The summed E-state index contributed by atoms with van der Waals surface area (Å²) in [5, 5.41) is 21.3. The minimum absolute atomic E-state index is 0.00284. The van der Waals surface area contributed by atoms with Gasteiger partial charge in [-0.05, 0) is 48.2 Å². The predicted molar refractivity (Wildman–Crippen MR) is 88.8 cm³/mol. The lowest BCUT2D eigenvalue weighted by Crippen LogP contribution is -2.14. The van der Waals surface area contributed by atoms with Gasteiger partial charge in [0.2, 0.25) is 5.91 Å². The summed E-state index contributed by atoms with van der Waals surface area (Å²) in [5.41, 5.74) is 1.83. The first-order valence-electron chi connectivity index (χ1n) is 7.68. The van der Waals surface area contributed by atoms with Crippen molar-refractivity contribution >= 4 is 11.7 Å². The summed E-state index contributed by atoms with van der Waals surface area (Å²) < 4.78 is 0. The number of carbonyl (C=O) groups is 1. The molecule has 0 unspecified atom stereocenters. The number of nitriles is 1. The fourth-order valence-electron chi connectivity index (χ4n) is 2.06. The summed E-state index contributed by atoms with van der Waals surface area (Å²) in [4.78, 5) is 15.9. The van der Waals surface area contributed by atoms with Gasteiger partial charge in [0.15, 0.2) is 0 Å². The second-order valence-electron chi connectivity index (χ2n) is 5.04. The van der Waals surface area contributed by atoms with E-state index in [1.54, 1.807) is 30.5 Å². The second kappa shape index (κ2) is 7.41. The van der Waals surface area contributed by atoms with Gasteiger partial charge in [0.1, 0.15) is 17.6 Å². The smallest absolute Gasteiger partial charge is 0.228 e. The van der Waals surface area contributed by atoms with E-state index in [4.69, 9.17) is 5.26 Å². The number of hydrogen-bond acceptors (Lipinski definition) is 4. The summed E-state index contributed by atoms with van der Waals surface area (Å²) in [5.74, 6) is 0.575. The van der Waals surface area contributed by atoms with Crippen LogP contribution in [0.25, 0.3) is 11.1 Å². The van der Waals surface area contributed by atoms with E-state index in [0.29, 0.717) is 5.82 Å². The molecule has 118 valence electrons. The molecular formula is C18H19N3O2. The Kier molecular flexibility index (Phi) is 5.32. The van der Waals surface area contributed by atoms with Gasteiger partial charge < -0.3 is 10.4 Å². The van der Waals surface area contributed by atoms with Crippen molar-refractivity contribution in [1.82, 2.24) is 4.98 Å². The van der Waals surface area contributed by atoms with E-state index < -0.39 is 0 Å². The quantitative estimate of drug-likeness (QED) is 0.905. The highest BCUT2D eigenvalue weighted by Crippen LogP contribution is 2.31. The molecule has 1 heterocycles. The molecule has 1 fully saturated rings. The largest absolute Gasteiger partial charge is 0.507 e. The monoisotopic (exact) mass is 309 g/mol. The minimum Gasteiger partial charge on any atom is -0.507 e. The van der Waals surface area contributed by atoms with Crippen molar-refractivity contribution in [2.75, 3.05) is 5.32 Å². The van der Waals surface area contributed by atoms with Crippen LogP contribution in [0.2, 0.25) is 0 Å². The molecule has 0 bridgehead atoms. The number of nitrogens with zero attached hydrogens (tertiary/aromatic N) is 2. The third kappa shape index (κ3) is 4.07. The highest BCUT2D eigenvalue weighted by atomic mass is 16.3. The lowest BCUT2D eigenvalue weighted by molar-refractivity contribution is -0.117. The maximum Gasteiger partial charge on any atom is 0.228 e. The number of anilines is 1. The van der Waals surface area contributed by atoms with Crippen LogP contribution in [0, 0.1) is 17.2 Å². The van der Waals surface area contributed by atoms with Gasteiger partial charge in [-0.1, -0.05) is 19.9 Å². The average molecular weight is 309 g/mol. The Morgan fingerprint density at radius 3 is 2.61 bits per heavy atom. The normalized spacial score (nSPS) is 12.6. The highest BCUT2D eigenvalue weighted by molar-refractivity contribution is 5.93. The Labute approximate surface area is 135 Å². The third-order valence-corrected chi connectivity index (χ3v) is 3.41. The zero-order chi connectivity index (χ0) is 16.8. The summed E-state index contributed by atoms with van der Waals surface area (Å²) in [6, 6.07) is 10.3. The molecule has 0 aliphatic heterocycles. The number of amides is 1. The van der Waals surface area contributed by atoms with E-state index in [1.807, 2.05) is 19.9 Å². The number of carbonyl (C=O) groups excluding carboxylic acids is 1. The van der Waals surface area contributed by atoms with Crippen LogP contribution in [0.5, 0.6) is 5.75 Å². The number of phenolic OH excluding ortho intramolecular Hbond substituents is 1. The molecule has 23 heavy (non-hydrogen) atoms. The number of aromatic hydroxyl groups is 1. The zero-order valence-corrected chi connectivity index (χ0v) is 13.2. The van der Waals surface area contributed by atoms with Crippen LogP contribution in [-0.2, 0) is 4.79 Å². The molecule has 3 rings (SSSR count). The lowest BCUT2D eigenvalue weighted by atomic mass is 10.0. The zero-order valence-electron chi connectivity index (χ0n) is 13.2. The predicted octanol–water partition coefficient (Wildman–Crippen LogP) is 3.70. The number of aromatic nitrogens is 1. The summed E-state index contributed by atoms with van der Waals surface area (Å²) in [7, 11) is 0. The van der Waals surface area contributed by atoms with Crippen LogP contribution in [0.15, 0.2) is 36.5 Å². The fraction of sp³-hybridized carbons (Fsp3) is 0.278. The van der Waals surface area contributed by atoms with Crippen molar-refractivity contribution < 1.29 is 9.90 Å². The number of rotatable bonds is 3. The molecule has 2 aromatic rings. The molecule has 2 N–H and O–H groups in total. The molecule has 1 aromatic carbocycles. The molecule has 1 aromatic heterocycles. The van der Waals surface area contributed by atoms with Crippen molar-refractivity contribution in [3.05, 3.63) is 42.1 Å². The maximum atomic E-state index is 11.7. The number of benzene rings is 1. The van der Waals surface area contributed by atoms with Gasteiger partial charge in [0, 0.05) is 12.1 Å². The standard InChI is InChI=1S/C16H13N3O2.C2H6/c17-9-13-7-11(3-4-14(13)20)12-5-6-18-15(8-12)19-16(21)10-1-2-10;1-2/h3-8,10,20H,1-2H2,(H,18,19,21);1-2H3. The van der Waals surface area contributed by atoms with E-state index in [-0.39, 0.29) is 23.1 Å². The maximum absolute atomic E-state index is 11.7. The molecule has 0 atom stereocenters. The lowest BCUT2D eigenvalue weighted by Gasteiger charge is -2.07. The molecule has 5 heteroatoms. The fourth-order valence-corrected chi connectivity index (χ4v) is 2.06. The second-order valence-corrected chi connectivity index (χ2v) is 5.04. The topological polar surface area (TPSA) is 86.0 Å². The van der Waals surface area contributed by atoms with Crippen LogP contribution in [0.4, 0.5) is 5.82 Å². The molecular weight excluding hydrogens is 290 g/mol. The van der Waals surface area contributed by atoms with Crippen molar-refractivity contribution in [2.24, 2.45) is 5.92 Å². The van der Waals surface area contributed by atoms with Crippen molar-refractivity contribution in [1.29, 1.82) is 5.26 Å². The molecule has 0 spiro atoms. The number of hydrogen-bond donors (Lipinski definition) is 2. The van der Waals surface area contributed by atoms with E-state index in [2.05, 4.69) is 10.3 Å². The number of phenols is 1. The van der Waals surface area contributed by atoms with Crippen LogP contribution in [-0.4, -0.2) is 16.0 Å². The van der Waals surface area contributed by atoms with Gasteiger partial charge >= 0.3 is 0 Å². The molecule has 1 saturated carbocycles. The molecule has 1 amide bonds. The van der Waals surface area contributed by atoms with Gasteiger partial charge in [0.05, 0.1) is 5.56 Å². The van der Waals surface area contributed by atoms with E-state index >= 15 is 0 Å². The average Bonchev–Trinajstić information content (AvgIpc) is 3.42. The molecule has 0 radical (unpaired) electrons. The molecule has 1 aliphatic rings. The van der Waals surface area contributed by atoms with Crippen LogP contribution >= 0.6 is 0 Å². The van der Waals surface area contributed by atoms with Crippen molar-refractivity contribution in [2.45, 2.75) is 26.7 Å². The van der Waals surface area contributed by atoms with E-state index in [1.165, 1.54) is 6.07 Å². The first-order chi connectivity index (χ1) is 11.2. The number of pyridine rings is 1. The Morgan fingerprint density at radius 1 is 1.26 bits per heavy atom. The van der Waals surface area contributed by atoms with Crippen LogP contribution < -0.4 is 5.32 Å². The SMILES string of the molecule is CC.N#Cc1cc(-c2ccnc(NC(=O)C3CC3)c2)ccc1O. The molecule has 0 saturated heterocycles. The molecule has 1 aliphatic carbocycles. The van der Waals surface area contributed by atoms with E-state index in [9.17, 15) is 9.90 Å². The van der Waals surface area contributed by atoms with Gasteiger partial charge in [-0.15, -0.1) is 0 Å². The Balaban J connectivity index is 0.000000924. The van der Waals surface area contributed by atoms with Crippen molar-refractivity contribution in [3.8, 4) is 22.9 Å². The van der Waals surface area contributed by atoms with Gasteiger partial charge in [0.25, 0.3) is 0 Å². The Hall–Kier alpha value is -2.87. The van der Waals surface area contributed by atoms with Crippen LogP contribution in [0.1, 0.15) is 32.3 Å². The van der Waals surface area contributed by atoms with E-state index in [0.717, 1.165) is 24.0 Å². The van der Waals surface area contributed by atoms with Gasteiger partial charge in [-0.3, -0.25) is 4.79 Å². The first-order valence-corrected chi connectivity index (χ1v) is 7.68. The van der Waals surface area contributed by atoms with Crippen molar-refractivity contribution in [3.63, 3.8) is 0 Å². The summed E-state index contributed by atoms with van der Waals surface area (Å²) in [6.45, 7) is 4.00. The third-order valence-electron chi connectivity index (χ3n) is 3.41.